The normalized spacial score (nSPS) is 31.0. The molecule has 3 heterocycles. The molecule has 4 rings (SSSR count). The lowest BCUT2D eigenvalue weighted by Crippen LogP contribution is -2.55. The van der Waals surface area contributed by atoms with Gasteiger partial charge in [-0.15, -0.1) is 11.6 Å². The fourth-order valence-corrected chi connectivity index (χ4v) is 6.20. The summed E-state index contributed by atoms with van der Waals surface area (Å²) in [6.07, 6.45) is 7.12. The molecule has 3 aliphatic rings. The van der Waals surface area contributed by atoms with Gasteiger partial charge in [0.25, 0.3) is 0 Å². The van der Waals surface area contributed by atoms with Gasteiger partial charge < -0.3 is 10.6 Å². The highest BCUT2D eigenvalue weighted by Gasteiger charge is 2.41. The topological polar surface area (TPSA) is 91.4 Å². The van der Waals surface area contributed by atoms with Crippen molar-refractivity contribution < 1.29 is 13.2 Å². The first-order chi connectivity index (χ1) is 13.2. The summed E-state index contributed by atoms with van der Waals surface area (Å²) in [5.74, 6) is 1.01. The number of carbonyl (C=O) groups excluding carboxylic acids is 1. The predicted molar refractivity (Wildman–Crippen MR) is 110 cm³/mol. The van der Waals surface area contributed by atoms with Crippen molar-refractivity contribution in [3.8, 4) is 0 Å². The molecule has 1 aliphatic carbocycles. The van der Waals surface area contributed by atoms with Gasteiger partial charge in [-0.3, -0.25) is 9.10 Å². The Morgan fingerprint density at radius 1 is 1.36 bits per heavy atom. The molecule has 2 N–H and O–H groups in total. The zero-order chi connectivity index (χ0) is 20.1. The lowest BCUT2D eigenvalue weighted by Gasteiger charge is -2.42. The van der Waals surface area contributed by atoms with E-state index < -0.39 is 10.0 Å². The summed E-state index contributed by atoms with van der Waals surface area (Å²) in [6.45, 7) is 2.42. The van der Waals surface area contributed by atoms with Crippen molar-refractivity contribution in [1.82, 2.24) is 10.3 Å². The number of rotatable bonds is 4. The van der Waals surface area contributed by atoms with Gasteiger partial charge in [0.15, 0.2) is 0 Å². The van der Waals surface area contributed by atoms with Crippen LogP contribution in [0.15, 0.2) is 12.3 Å². The van der Waals surface area contributed by atoms with Gasteiger partial charge in [-0.1, -0.05) is 0 Å². The number of amides is 1. The van der Waals surface area contributed by atoms with Crippen molar-refractivity contribution in [2.75, 3.05) is 22.4 Å². The quantitative estimate of drug-likeness (QED) is 0.719. The smallest absolute Gasteiger partial charge is 0.232 e. The molecule has 1 amide bonds. The lowest BCUT2D eigenvalue weighted by molar-refractivity contribution is -0.130. The van der Waals surface area contributed by atoms with E-state index in [1.54, 1.807) is 12.3 Å². The van der Waals surface area contributed by atoms with Gasteiger partial charge in [0.1, 0.15) is 5.82 Å². The van der Waals surface area contributed by atoms with Gasteiger partial charge in [-0.2, -0.15) is 0 Å². The van der Waals surface area contributed by atoms with E-state index in [0.29, 0.717) is 30.4 Å². The average molecular weight is 427 g/mol. The van der Waals surface area contributed by atoms with Gasteiger partial charge in [0.05, 0.1) is 17.9 Å². The van der Waals surface area contributed by atoms with E-state index in [1.165, 1.54) is 10.6 Å². The fraction of sp³-hybridized carbons (Fsp3) is 0.684. The maximum absolute atomic E-state index is 12.7. The van der Waals surface area contributed by atoms with E-state index in [1.807, 2.05) is 6.92 Å². The number of halogens is 1. The number of alkyl halides is 1. The van der Waals surface area contributed by atoms with Crippen molar-refractivity contribution in [3.05, 3.63) is 17.8 Å². The Morgan fingerprint density at radius 2 is 2.14 bits per heavy atom. The van der Waals surface area contributed by atoms with Crippen LogP contribution in [0.25, 0.3) is 0 Å². The molecule has 1 aromatic heterocycles. The summed E-state index contributed by atoms with van der Waals surface area (Å²) < 4.78 is 25.4. The van der Waals surface area contributed by atoms with Crippen molar-refractivity contribution >= 4 is 39.0 Å². The molecule has 0 radical (unpaired) electrons. The first kappa shape index (κ1) is 19.8. The molecule has 0 bridgehead atoms. The molecule has 5 atom stereocenters. The van der Waals surface area contributed by atoms with E-state index >= 15 is 0 Å². The molecular formula is C19H27ClN4O3S. The summed E-state index contributed by atoms with van der Waals surface area (Å²) >= 11 is 6.35. The summed E-state index contributed by atoms with van der Waals surface area (Å²) in [6, 6.07) is 1.87. The second kappa shape index (κ2) is 7.37. The van der Waals surface area contributed by atoms with E-state index in [-0.39, 0.29) is 29.3 Å². The number of fused-ring (bicyclic) bond motifs is 2. The second-order valence-electron chi connectivity index (χ2n) is 8.30. The molecule has 4 unspecified atom stereocenters. The molecule has 154 valence electrons. The van der Waals surface area contributed by atoms with E-state index in [2.05, 4.69) is 15.6 Å². The van der Waals surface area contributed by atoms with Crippen LogP contribution in [-0.2, 0) is 21.2 Å². The van der Waals surface area contributed by atoms with Gasteiger partial charge in [-0.25, -0.2) is 13.4 Å². The van der Waals surface area contributed by atoms with Gasteiger partial charge >= 0.3 is 0 Å². The van der Waals surface area contributed by atoms with E-state index in [9.17, 15) is 13.2 Å². The molecule has 0 aromatic carbocycles. The lowest BCUT2D eigenvalue weighted by atomic mass is 9.74. The van der Waals surface area contributed by atoms with Crippen LogP contribution in [0.1, 0.15) is 38.2 Å². The highest BCUT2D eigenvalue weighted by molar-refractivity contribution is 7.92. The second-order valence-corrected chi connectivity index (χ2v) is 10.8. The molecule has 7 nitrogen and oxygen atoms in total. The first-order valence-electron chi connectivity index (χ1n) is 9.90. The number of pyridine rings is 1. The van der Waals surface area contributed by atoms with Crippen molar-refractivity contribution in [1.29, 1.82) is 0 Å². The molecule has 1 aromatic rings. The van der Waals surface area contributed by atoms with Crippen LogP contribution in [0.3, 0.4) is 0 Å². The molecule has 0 spiro atoms. The predicted octanol–water partition coefficient (Wildman–Crippen LogP) is 2.12. The maximum Gasteiger partial charge on any atom is 0.232 e. The van der Waals surface area contributed by atoms with Crippen molar-refractivity contribution in [2.45, 2.75) is 56.5 Å². The number of piperidine rings is 1. The van der Waals surface area contributed by atoms with Gasteiger partial charge in [-0.05, 0) is 51.0 Å². The first-order valence-corrected chi connectivity index (χ1v) is 12.2. The summed E-state index contributed by atoms with van der Waals surface area (Å²) in [5, 5.41) is 6.78. The number of anilines is 2. The number of aromatic nitrogens is 1. The summed E-state index contributed by atoms with van der Waals surface area (Å²) in [7, 11) is -3.31. The number of hydrogen-bond donors (Lipinski definition) is 2. The summed E-state index contributed by atoms with van der Waals surface area (Å²) in [5.41, 5.74) is 1.57. The molecule has 9 heteroatoms. The largest absolute Gasteiger partial charge is 0.367 e. The fourth-order valence-electron chi connectivity index (χ4n) is 4.89. The Hall–Kier alpha value is -1.54. The van der Waals surface area contributed by atoms with Crippen molar-refractivity contribution in [2.24, 2.45) is 11.8 Å². The Morgan fingerprint density at radius 3 is 2.89 bits per heavy atom. The Bertz CT molecular complexity index is 878. The van der Waals surface area contributed by atoms with Crippen LogP contribution in [-0.4, -0.2) is 49.6 Å². The van der Waals surface area contributed by atoms with Crippen LogP contribution < -0.4 is 14.9 Å². The molecule has 2 aliphatic heterocycles. The number of sulfonamides is 1. The molecule has 28 heavy (non-hydrogen) atoms. The third kappa shape index (κ3) is 3.68. The molecule has 1 saturated heterocycles. The highest BCUT2D eigenvalue weighted by Crippen LogP contribution is 2.38. The number of nitrogens with one attached hydrogen (secondary N) is 2. The van der Waals surface area contributed by atoms with E-state index in [0.717, 1.165) is 31.2 Å². The van der Waals surface area contributed by atoms with Gasteiger partial charge in [0.2, 0.25) is 15.9 Å². The van der Waals surface area contributed by atoms with Crippen LogP contribution in [0.4, 0.5) is 11.5 Å². The third-order valence-electron chi connectivity index (χ3n) is 6.37. The van der Waals surface area contributed by atoms with Crippen LogP contribution >= 0.6 is 11.6 Å². The number of hydrogen-bond acceptors (Lipinski definition) is 5. The molecular weight excluding hydrogens is 400 g/mol. The summed E-state index contributed by atoms with van der Waals surface area (Å²) in [4.78, 5) is 17.1. The molecule has 1 saturated carbocycles. The Balaban J connectivity index is 1.51. The number of carbonyl (C=O) groups is 1. The van der Waals surface area contributed by atoms with Crippen LogP contribution in [0.5, 0.6) is 0 Å². The monoisotopic (exact) mass is 426 g/mol. The zero-order valence-corrected chi connectivity index (χ0v) is 17.8. The highest BCUT2D eigenvalue weighted by atomic mass is 35.5. The van der Waals surface area contributed by atoms with Crippen LogP contribution in [0, 0.1) is 11.8 Å². The van der Waals surface area contributed by atoms with E-state index in [4.69, 9.17) is 11.6 Å². The number of nitrogens with zero attached hydrogens (tertiary/aromatic N) is 2. The van der Waals surface area contributed by atoms with Gasteiger partial charge in [0, 0.05) is 35.8 Å². The minimum atomic E-state index is -3.31. The third-order valence-corrected chi connectivity index (χ3v) is 7.95. The van der Waals surface area contributed by atoms with Crippen LogP contribution in [0.2, 0.25) is 0 Å². The Kier molecular flexibility index (Phi) is 5.20. The Labute approximate surface area is 171 Å². The maximum atomic E-state index is 12.7. The zero-order valence-electron chi connectivity index (χ0n) is 16.2. The minimum absolute atomic E-state index is 0.0830. The van der Waals surface area contributed by atoms with Crippen molar-refractivity contribution in [3.63, 3.8) is 0 Å². The average Bonchev–Trinajstić information content (AvgIpc) is 3.07. The standard InChI is InChI=1S/C19H27ClN4O3S/c1-11(15-10-12-9-13(20)3-4-16(12)23-19(15)25)22-18-14-6-8-24(28(2,26)27)17(14)5-7-21-18/h5,7,11-13,15-16H,3-4,6,8-10H2,1-2H3,(H,21,22)(H,23,25)/t11-,12?,13?,15?,16?/m0/s1. The molecule has 2 fully saturated rings. The SMILES string of the molecule is C[C@H](Nc1nccc2c1CCN2S(C)(=O)=O)C1CC2CC(Cl)CCC2NC1=O. The minimum Gasteiger partial charge on any atom is -0.367 e.